The van der Waals surface area contributed by atoms with Crippen molar-refractivity contribution in [3.8, 4) is 0 Å². The molecule has 1 amide bonds. The minimum atomic E-state index is -0.327. The second kappa shape index (κ2) is 10.2. The quantitative estimate of drug-likeness (QED) is 0.576. The first-order valence-corrected chi connectivity index (χ1v) is 12.5. The number of pyridine rings is 1. The van der Waals surface area contributed by atoms with E-state index in [0.717, 1.165) is 45.3 Å². The molecule has 0 radical (unpaired) electrons. The topological polar surface area (TPSA) is 45.7 Å². The number of amides is 1. The number of hydrogen-bond acceptors (Lipinski definition) is 4. The molecule has 0 bridgehead atoms. The minimum Gasteiger partial charge on any atom is -0.379 e. The van der Waals surface area contributed by atoms with Crippen molar-refractivity contribution in [3.05, 3.63) is 78.1 Å². The van der Waals surface area contributed by atoms with Gasteiger partial charge in [0.1, 0.15) is 0 Å². The van der Waals surface area contributed by atoms with Gasteiger partial charge < -0.3 is 14.5 Å². The Hall–Kier alpha value is -2.76. The molecule has 2 aromatic carbocycles. The second-order valence-corrected chi connectivity index (χ2v) is 10.2. The van der Waals surface area contributed by atoms with E-state index in [9.17, 15) is 4.79 Å². The maximum atomic E-state index is 14.2. The van der Waals surface area contributed by atoms with E-state index >= 15 is 0 Å². The number of piperidine rings is 1. The zero-order chi connectivity index (χ0) is 23.4. The highest BCUT2D eigenvalue weighted by molar-refractivity contribution is 5.85. The minimum absolute atomic E-state index is 0.275. The van der Waals surface area contributed by atoms with Crippen molar-refractivity contribution >= 4 is 16.7 Å². The monoisotopic (exact) mass is 457 g/mol. The van der Waals surface area contributed by atoms with Crippen LogP contribution in [0.4, 0.5) is 0 Å². The van der Waals surface area contributed by atoms with Gasteiger partial charge in [-0.1, -0.05) is 48.5 Å². The Morgan fingerprint density at radius 2 is 1.88 bits per heavy atom. The van der Waals surface area contributed by atoms with Crippen molar-refractivity contribution in [2.24, 2.45) is 11.3 Å². The largest absolute Gasteiger partial charge is 0.379 e. The molecule has 2 saturated heterocycles. The number of rotatable bonds is 5. The molecule has 2 aliphatic rings. The number of carbonyl (C=O) groups is 1. The summed E-state index contributed by atoms with van der Waals surface area (Å²) in [6, 6.07) is 19.0. The lowest BCUT2D eigenvalue weighted by Gasteiger charge is -2.42. The number of benzene rings is 2. The third-order valence-corrected chi connectivity index (χ3v) is 7.69. The Labute approximate surface area is 202 Å². The third-order valence-electron chi connectivity index (χ3n) is 7.69. The Morgan fingerprint density at radius 3 is 2.71 bits per heavy atom. The molecular weight excluding hydrogens is 422 g/mol. The molecule has 178 valence electrons. The molecule has 0 N–H and O–H groups in total. The zero-order valence-electron chi connectivity index (χ0n) is 20.2. The molecule has 2 aliphatic heterocycles. The highest BCUT2D eigenvalue weighted by Crippen LogP contribution is 2.37. The number of hydrogen-bond donors (Lipinski definition) is 0. The van der Waals surface area contributed by atoms with Gasteiger partial charge >= 0.3 is 0 Å². The molecule has 2 fully saturated rings. The van der Waals surface area contributed by atoms with Crippen LogP contribution in [0.2, 0.25) is 0 Å². The Morgan fingerprint density at radius 1 is 1.06 bits per heavy atom. The molecule has 1 atom stereocenters. The van der Waals surface area contributed by atoms with Crippen LogP contribution in [0.25, 0.3) is 10.8 Å². The molecular formula is C29H35N3O2. The van der Waals surface area contributed by atoms with Crippen molar-refractivity contribution in [3.63, 3.8) is 0 Å². The molecule has 0 saturated carbocycles. The first kappa shape index (κ1) is 23.0. The molecule has 34 heavy (non-hydrogen) atoms. The standard InChI is InChI=1S/C29H35N3O2/c1-31-14-11-29(12-15-31,19-23-6-3-2-4-7-23)28(33)32-16-17-34-22-24(21-32)18-26-9-5-8-25-10-13-30-20-27(25)26/h2-10,13,20,24H,11-12,14-19,21-22H2,1H3/t24-/m0/s1. The first-order chi connectivity index (χ1) is 16.6. The predicted octanol–water partition coefficient (Wildman–Crippen LogP) is 4.21. The van der Waals surface area contributed by atoms with Crippen molar-refractivity contribution in [1.82, 2.24) is 14.8 Å². The number of aromatic nitrogens is 1. The van der Waals surface area contributed by atoms with Crippen LogP contribution in [-0.4, -0.2) is 67.1 Å². The van der Waals surface area contributed by atoms with Gasteiger partial charge in [0.05, 0.1) is 18.6 Å². The second-order valence-electron chi connectivity index (χ2n) is 10.2. The van der Waals surface area contributed by atoms with Crippen molar-refractivity contribution < 1.29 is 9.53 Å². The summed E-state index contributed by atoms with van der Waals surface area (Å²) >= 11 is 0. The average molecular weight is 458 g/mol. The highest BCUT2D eigenvalue weighted by atomic mass is 16.5. The Balaban J connectivity index is 1.37. The lowest BCUT2D eigenvalue weighted by molar-refractivity contribution is -0.145. The van der Waals surface area contributed by atoms with Gasteiger partial charge in [0.25, 0.3) is 0 Å². The molecule has 0 spiro atoms. The van der Waals surface area contributed by atoms with Crippen LogP contribution in [0.5, 0.6) is 0 Å². The van der Waals surface area contributed by atoms with Crippen LogP contribution in [0, 0.1) is 11.3 Å². The fourth-order valence-corrected chi connectivity index (χ4v) is 5.69. The zero-order valence-corrected chi connectivity index (χ0v) is 20.2. The Kier molecular flexibility index (Phi) is 6.93. The van der Waals surface area contributed by atoms with Gasteiger partial charge in [-0.15, -0.1) is 0 Å². The molecule has 0 aliphatic carbocycles. The van der Waals surface area contributed by atoms with Crippen molar-refractivity contribution in [1.29, 1.82) is 0 Å². The number of nitrogens with zero attached hydrogens (tertiary/aromatic N) is 3. The van der Waals surface area contributed by atoms with Crippen LogP contribution < -0.4 is 0 Å². The van der Waals surface area contributed by atoms with E-state index in [0.29, 0.717) is 25.7 Å². The fraction of sp³-hybridized carbons (Fsp3) is 0.448. The van der Waals surface area contributed by atoms with Crippen LogP contribution in [0.15, 0.2) is 67.0 Å². The van der Waals surface area contributed by atoms with Gasteiger partial charge in [-0.3, -0.25) is 9.78 Å². The van der Waals surface area contributed by atoms with Crippen LogP contribution in [0.3, 0.4) is 0 Å². The molecule has 5 nitrogen and oxygen atoms in total. The summed E-state index contributed by atoms with van der Waals surface area (Å²) in [7, 11) is 2.16. The van der Waals surface area contributed by atoms with Gasteiger partial charge in [0.15, 0.2) is 0 Å². The van der Waals surface area contributed by atoms with Gasteiger partial charge in [-0.2, -0.15) is 0 Å². The lowest BCUT2D eigenvalue weighted by Crippen LogP contribution is -2.52. The van der Waals surface area contributed by atoms with Gasteiger partial charge in [0, 0.05) is 36.8 Å². The van der Waals surface area contributed by atoms with E-state index in [-0.39, 0.29) is 11.3 Å². The van der Waals surface area contributed by atoms with Crippen LogP contribution >= 0.6 is 0 Å². The smallest absolute Gasteiger partial charge is 0.229 e. The predicted molar refractivity (Wildman–Crippen MR) is 136 cm³/mol. The fourth-order valence-electron chi connectivity index (χ4n) is 5.69. The van der Waals surface area contributed by atoms with E-state index in [1.807, 2.05) is 18.5 Å². The maximum absolute atomic E-state index is 14.2. The van der Waals surface area contributed by atoms with Crippen LogP contribution in [0.1, 0.15) is 24.0 Å². The first-order valence-electron chi connectivity index (χ1n) is 12.5. The summed E-state index contributed by atoms with van der Waals surface area (Å²) in [5.41, 5.74) is 2.21. The van der Waals surface area contributed by atoms with E-state index in [1.54, 1.807) is 0 Å². The SMILES string of the molecule is CN1CCC(Cc2ccccc2)(C(=O)N2CCOC[C@@H](Cc3cccc4ccncc34)C2)CC1. The molecule has 5 heteroatoms. The van der Waals surface area contributed by atoms with Crippen molar-refractivity contribution in [2.75, 3.05) is 46.4 Å². The maximum Gasteiger partial charge on any atom is 0.229 e. The molecule has 5 rings (SSSR count). The van der Waals surface area contributed by atoms with E-state index in [2.05, 4.69) is 70.4 Å². The molecule has 3 heterocycles. The van der Waals surface area contributed by atoms with Crippen LogP contribution in [-0.2, 0) is 22.4 Å². The summed E-state index contributed by atoms with van der Waals surface area (Å²) in [4.78, 5) is 23.0. The molecule has 0 unspecified atom stereocenters. The highest BCUT2D eigenvalue weighted by Gasteiger charge is 2.43. The van der Waals surface area contributed by atoms with Crippen molar-refractivity contribution in [2.45, 2.75) is 25.7 Å². The summed E-state index contributed by atoms with van der Waals surface area (Å²) in [6.07, 6.45) is 7.33. The number of ether oxygens (including phenoxy) is 1. The number of fused-ring (bicyclic) bond motifs is 1. The van der Waals surface area contributed by atoms with E-state index in [4.69, 9.17) is 4.74 Å². The summed E-state index contributed by atoms with van der Waals surface area (Å²) < 4.78 is 6.01. The summed E-state index contributed by atoms with van der Waals surface area (Å²) in [5, 5.41) is 2.41. The lowest BCUT2D eigenvalue weighted by atomic mass is 9.72. The van der Waals surface area contributed by atoms with E-state index in [1.165, 1.54) is 21.9 Å². The number of carbonyl (C=O) groups excluding carboxylic acids is 1. The van der Waals surface area contributed by atoms with Gasteiger partial charge in [-0.25, -0.2) is 0 Å². The summed E-state index contributed by atoms with van der Waals surface area (Å²) in [5.74, 6) is 0.594. The normalized spacial score (nSPS) is 21.3. The third kappa shape index (κ3) is 5.01. The van der Waals surface area contributed by atoms with E-state index < -0.39 is 0 Å². The Bertz CT molecular complexity index is 1100. The van der Waals surface area contributed by atoms with Gasteiger partial charge in [0.2, 0.25) is 5.91 Å². The van der Waals surface area contributed by atoms with Gasteiger partial charge in [-0.05, 0) is 68.4 Å². The molecule has 1 aromatic heterocycles. The average Bonchev–Trinajstić information content (AvgIpc) is 3.11. The molecule has 3 aromatic rings. The summed E-state index contributed by atoms with van der Waals surface area (Å²) in [6.45, 7) is 4.67. The number of likely N-dealkylation sites (tertiary alicyclic amines) is 1.